The summed E-state index contributed by atoms with van der Waals surface area (Å²) in [5, 5.41) is 8.74. The number of benzene rings is 1. The third-order valence-electron chi connectivity index (χ3n) is 5.55. The molecule has 1 amide bonds. The fraction of sp³-hybridized carbons (Fsp3) is 0.474. The third-order valence-corrected chi connectivity index (χ3v) is 6.29. The van der Waals surface area contributed by atoms with Crippen LogP contribution in [0.1, 0.15) is 35.9 Å². The van der Waals surface area contributed by atoms with Crippen LogP contribution in [0.15, 0.2) is 30.6 Å². The molecule has 0 spiro atoms. The zero-order valence-electron chi connectivity index (χ0n) is 15.1. The highest BCUT2D eigenvalue weighted by molar-refractivity contribution is 6.42. The summed E-state index contributed by atoms with van der Waals surface area (Å²) < 4.78 is 1.80. The maximum atomic E-state index is 13.4. The summed E-state index contributed by atoms with van der Waals surface area (Å²) in [5.74, 6) is 0.339. The number of nitrogens with zero attached hydrogens (tertiary/aromatic N) is 3. The van der Waals surface area contributed by atoms with Crippen LogP contribution in [0.4, 0.5) is 0 Å². The van der Waals surface area contributed by atoms with E-state index in [1.165, 1.54) is 0 Å². The molecular formula is C19H23Cl3N4O. The molecule has 1 unspecified atom stereocenters. The van der Waals surface area contributed by atoms with Gasteiger partial charge in [-0.2, -0.15) is 5.10 Å². The van der Waals surface area contributed by atoms with E-state index in [2.05, 4.69) is 10.4 Å². The van der Waals surface area contributed by atoms with Gasteiger partial charge in [-0.05, 0) is 36.1 Å². The van der Waals surface area contributed by atoms with Crippen molar-refractivity contribution in [2.24, 2.45) is 13.0 Å². The molecule has 2 fully saturated rings. The van der Waals surface area contributed by atoms with E-state index in [1.54, 1.807) is 4.68 Å². The molecule has 2 aliphatic rings. The minimum atomic E-state index is -0.0532. The summed E-state index contributed by atoms with van der Waals surface area (Å²) in [5.41, 5.74) is 2.19. The molecule has 2 aromatic rings. The Labute approximate surface area is 175 Å². The molecule has 1 aromatic carbocycles. The Morgan fingerprint density at radius 1 is 1.22 bits per heavy atom. The Morgan fingerprint density at radius 3 is 2.74 bits per heavy atom. The van der Waals surface area contributed by atoms with E-state index in [0.29, 0.717) is 16.6 Å². The molecule has 146 valence electrons. The lowest BCUT2D eigenvalue weighted by atomic mass is 9.89. The first-order valence-corrected chi connectivity index (χ1v) is 9.75. The summed E-state index contributed by atoms with van der Waals surface area (Å²) >= 11 is 12.2. The summed E-state index contributed by atoms with van der Waals surface area (Å²) in [6.45, 7) is 2.32. The zero-order valence-corrected chi connectivity index (χ0v) is 17.4. The van der Waals surface area contributed by atoms with E-state index in [4.69, 9.17) is 23.2 Å². The minimum Gasteiger partial charge on any atom is -0.335 e. The lowest BCUT2D eigenvalue weighted by Gasteiger charge is -2.29. The van der Waals surface area contributed by atoms with Crippen molar-refractivity contribution in [1.82, 2.24) is 20.0 Å². The Kier molecular flexibility index (Phi) is 6.36. The fourth-order valence-corrected chi connectivity index (χ4v) is 4.54. The van der Waals surface area contributed by atoms with Crippen molar-refractivity contribution in [3.8, 4) is 0 Å². The van der Waals surface area contributed by atoms with Gasteiger partial charge in [-0.1, -0.05) is 29.3 Å². The Morgan fingerprint density at radius 2 is 2.04 bits per heavy atom. The van der Waals surface area contributed by atoms with Crippen molar-refractivity contribution in [3.05, 3.63) is 51.8 Å². The molecule has 0 radical (unpaired) electrons. The normalized spacial score (nSPS) is 24.9. The third kappa shape index (κ3) is 3.97. The quantitative estimate of drug-likeness (QED) is 0.807. The number of aryl methyl sites for hydroxylation is 1. The lowest BCUT2D eigenvalue weighted by Crippen LogP contribution is -2.38. The van der Waals surface area contributed by atoms with Crippen LogP contribution in [0.2, 0.25) is 10.0 Å². The first-order valence-electron chi connectivity index (χ1n) is 8.99. The van der Waals surface area contributed by atoms with Crippen molar-refractivity contribution in [3.63, 3.8) is 0 Å². The largest absolute Gasteiger partial charge is 0.335 e. The summed E-state index contributed by atoms with van der Waals surface area (Å²) in [6, 6.07) is 5.77. The lowest BCUT2D eigenvalue weighted by molar-refractivity contribution is -0.136. The molecule has 1 N–H and O–H groups in total. The van der Waals surface area contributed by atoms with E-state index >= 15 is 0 Å². The van der Waals surface area contributed by atoms with Crippen molar-refractivity contribution < 1.29 is 4.79 Å². The van der Waals surface area contributed by atoms with Crippen molar-refractivity contribution in [2.75, 3.05) is 19.6 Å². The second kappa shape index (κ2) is 8.39. The van der Waals surface area contributed by atoms with Crippen molar-refractivity contribution >= 4 is 41.5 Å². The van der Waals surface area contributed by atoms with Gasteiger partial charge in [-0.3, -0.25) is 9.48 Å². The van der Waals surface area contributed by atoms with Gasteiger partial charge in [0.05, 0.1) is 28.2 Å². The number of likely N-dealkylation sites (tertiary alicyclic amines) is 1. The van der Waals surface area contributed by atoms with Crippen LogP contribution >= 0.6 is 35.6 Å². The summed E-state index contributed by atoms with van der Waals surface area (Å²) in [7, 11) is 1.91. The van der Waals surface area contributed by atoms with Crippen LogP contribution < -0.4 is 5.32 Å². The van der Waals surface area contributed by atoms with E-state index < -0.39 is 0 Å². The van der Waals surface area contributed by atoms with Gasteiger partial charge in [-0.15, -0.1) is 12.4 Å². The molecule has 1 aromatic heterocycles. The summed E-state index contributed by atoms with van der Waals surface area (Å²) in [4.78, 5) is 15.4. The van der Waals surface area contributed by atoms with E-state index in [1.807, 2.05) is 42.5 Å². The highest BCUT2D eigenvalue weighted by Gasteiger charge is 2.40. The molecule has 0 aliphatic carbocycles. The number of carbonyl (C=O) groups excluding carboxylic acids is 1. The number of carbonyl (C=O) groups is 1. The van der Waals surface area contributed by atoms with Crippen molar-refractivity contribution in [2.45, 2.75) is 24.8 Å². The molecule has 8 heteroatoms. The SMILES string of the molecule is Cl.Cn1cc([C@H]2CNC[C@@H]2C(=O)N2CCCC2c2ccc(Cl)c(Cl)c2)cn1. The van der Waals surface area contributed by atoms with Gasteiger partial charge < -0.3 is 10.2 Å². The van der Waals surface area contributed by atoms with Crippen LogP contribution in [-0.4, -0.2) is 40.2 Å². The van der Waals surface area contributed by atoms with Gasteiger partial charge >= 0.3 is 0 Å². The Balaban J connectivity index is 0.00000210. The minimum absolute atomic E-state index is 0. The molecular weight excluding hydrogens is 407 g/mol. The molecule has 4 rings (SSSR count). The second-order valence-corrected chi connectivity index (χ2v) is 8.00. The number of hydrogen-bond donors (Lipinski definition) is 1. The molecule has 2 aliphatic heterocycles. The number of halogens is 3. The maximum absolute atomic E-state index is 13.4. The predicted octanol–water partition coefficient (Wildman–Crippen LogP) is 3.82. The van der Waals surface area contributed by atoms with E-state index in [-0.39, 0.29) is 36.2 Å². The highest BCUT2D eigenvalue weighted by atomic mass is 35.5. The Bertz CT molecular complexity index is 825. The van der Waals surface area contributed by atoms with Gasteiger partial charge in [0.1, 0.15) is 0 Å². The van der Waals surface area contributed by atoms with Crippen LogP contribution in [0, 0.1) is 5.92 Å². The first kappa shape index (κ1) is 20.5. The molecule has 3 atom stereocenters. The van der Waals surface area contributed by atoms with Crippen LogP contribution in [0.5, 0.6) is 0 Å². The zero-order chi connectivity index (χ0) is 18.3. The maximum Gasteiger partial charge on any atom is 0.228 e. The number of rotatable bonds is 3. The van der Waals surface area contributed by atoms with Gasteiger partial charge in [-0.25, -0.2) is 0 Å². The molecule has 0 saturated carbocycles. The molecule has 5 nitrogen and oxygen atoms in total. The van der Waals surface area contributed by atoms with Gasteiger partial charge in [0, 0.05) is 38.8 Å². The predicted molar refractivity (Wildman–Crippen MR) is 110 cm³/mol. The van der Waals surface area contributed by atoms with Gasteiger partial charge in [0.25, 0.3) is 0 Å². The molecule has 2 saturated heterocycles. The number of nitrogens with one attached hydrogen (secondary N) is 1. The molecule has 3 heterocycles. The van der Waals surface area contributed by atoms with Gasteiger partial charge in [0.2, 0.25) is 5.91 Å². The molecule has 27 heavy (non-hydrogen) atoms. The van der Waals surface area contributed by atoms with Crippen molar-refractivity contribution in [1.29, 1.82) is 0 Å². The standard InChI is InChI=1S/C19H22Cl2N4O.ClH/c1-24-11-13(8-23-24)14-9-22-10-15(14)19(26)25-6-2-3-18(25)12-4-5-16(20)17(21)7-12;/h4-5,7-8,11,14-15,18,22H,2-3,6,9-10H2,1H3;1H/t14-,15+,18?;/m1./s1. The van der Waals surface area contributed by atoms with Gasteiger partial charge in [0.15, 0.2) is 0 Å². The second-order valence-electron chi connectivity index (χ2n) is 7.18. The average Bonchev–Trinajstić information content (AvgIpc) is 3.35. The monoisotopic (exact) mass is 428 g/mol. The Hall–Kier alpha value is -1.27. The number of amides is 1. The average molecular weight is 430 g/mol. The van der Waals surface area contributed by atoms with Crippen LogP contribution in [-0.2, 0) is 11.8 Å². The van der Waals surface area contributed by atoms with Crippen LogP contribution in [0.25, 0.3) is 0 Å². The summed E-state index contributed by atoms with van der Waals surface area (Å²) in [6.07, 6.45) is 5.85. The first-order chi connectivity index (χ1) is 12.5. The van der Waals surface area contributed by atoms with E-state index in [9.17, 15) is 4.79 Å². The topological polar surface area (TPSA) is 50.2 Å². The van der Waals surface area contributed by atoms with E-state index in [0.717, 1.165) is 37.1 Å². The molecule has 0 bridgehead atoms. The smallest absolute Gasteiger partial charge is 0.228 e. The number of hydrogen-bond acceptors (Lipinski definition) is 3. The van der Waals surface area contributed by atoms with Crippen LogP contribution in [0.3, 0.4) is 0 Å². The fourth-order valence-electron chi connectivity index (χ4n) is 4.23. The number of aromatic nitrogens is 2. The highest BCUT2D eigenvalue weighted by Crippen LogP contribution is 2.38.